The van der Waals surface area contributed by atoms with Crippen molar-refractivity contribution in [1.29, 1.82) is 0 Å². The summed E-state index contributed by atoms with van der Waals surface area (Å²) in [5.41, 5.74) is 1.15. The van der Waals surface area contributed by atoms with Gasteiger partial charge in [0, 0.05) is 37.1 Å². The minimum atomic E-state index is -2.87. The minimum absolute atomic E-state index is 0.00475. The van der Waals surface area contributed by atoms with Crippen molar-refractivity contribution in [3.8, 4) is 0 Å². The van der Waals surface area contributed by atoms with E-state index in [-0.39, 0.29) is 30.3 Å². The molecule has 0 radical (unpaired) electrons. The van der Waals surface area contributed by atoms with E-state index in [1.807, 2.05) is 29.2 Å². The van der Waals surface area contributed by atoms with Gasteiger partial charge in [0.15, 0.2) is 9.84 Å². The SMILES string of the molecule is O=C(CN[C@H](c1ccccc1)c1cccs1)N1CCN([C@@H]2CCS(=O)(=O)C2)CC1. The lowest BCUT2D eigenvalue weighted by atomic mass is 10.1. The number of piperazine rings is 1. The number of sulfone groups is 1. The lowest BCUT2D eigenvalue weighted by molar-refractivity contribution is -0.132. The molecule has 1 amide bonds. The van der Waals surface area contributed by atoms with E-state index in [1.54, 1.807) is 11.3 Å². The highest BCUT2D eigenvalue weighted by Crippen LogP contribution is 2.26. The molecule has 2 aliphatic rings. The lowest BCUT2D eigenvalue weighted by Gasteiger charge is -2.37. The van der Waals surface area contributed by atoms with E-state index in [4.69, 9.17) is 0 Å². The maximum absolute atomic E-state index is 12.8. The zero-order chi connectivity index (χ0) is 20.3. The van der Waals surface area contributed by atoms with Crippen molar-refractivity contribution in [2.45, 2.75) is 18.5 Å². The van der Waals surface area contributed by atoms with Crippen molar-refractivity contribution in [3.05, 3.63) is 58.3 Å². The molecule has 0 unspecified atom stereocenters. The Hall–Kier alpha value is -1.74. The van der Waals surface area contributed by atoms with E-state index in [9.17, 15) is 13.2 Å². The molecule has 2 atom stereocenters. The number of benzene rings is 1. The Kier molecular flexibility index (Phi) is 6.34. The lowest BCUT2D eigenvalue weighted by Crippen LogP contribution is -2.53. The molecule has 29 heavy (non-hydrogen) atoms. The number of hydrogen-bond acceptors (Lipinski definition) is 6. The van der Waals surface area contributed by atoms with Gasteiger partial charge in [-0.05, 0) is 23.4 Å². The first-order chi connectivity index (χ1) is 14.0. The van der Waals surface area contributed by atoms with E-state index in [1.165, 1.54) is 4.88 Å². The van der Waals surface area contributed by atoms with Gasteiger partial charge in [0.25, 0.3) is 0 Å². The molecule has 4 rings (SSSR count). The predicted molar refractivity (Wildman–Crippen MR) is 116 cm³/mol. The van der Waals surface area contributed by atoms with Gasteiger partial charge in [-0.2, -0.15) is 0 Å². The number of carbonyl (C=O) groups excluding carboxylic acids is 1. The van der Waals surface area contributed by atoms with Crippen molar-refractivity contribution in [3.63, 3.8) is 0 Å². The standard InChI is InChI=1S/C21H27N3O3S2/c25-20(24-11-9-23(10-12-24)18-8-14-29(26,27)16-18)15-22-21(19-7-4-13-28-19)17-5-2-1-3-6-17/h1-7,13,18,21-22H,8-12,14-16H2/t18-,21-/m1/s1. The van der Waals surface area contributed by atoms with E-state index in [2.05, 4.69) is 33.8 Å². The largest absolute Gasteiger partial charge is 0.339 e. The van der Waals surface area contributed by atoms with Crippen molar-refractivity contribution in [2.24, 2.45) is 0 Å². The molecular weight excluding hydrogens is 406 g/mol. The van der Waals surface area contributed by atoms with Crippen LogP contribution in [0.5, 0.6) is 0 Å². The summed E-state index contributed by atoms with van der Waals surface area (Å²) < 4.78 is 23.4. The van der Waals surface area contributed by atoms with Gasteiger partial charge in [0.1, 0.15) is 0 Å². The molecule has 0 aliphatic carbocycles. The number of nitrogens with one attached hydrogen (secondary N) is 1. The van der Waals surface area contributed by atoms with Gasteiger partial charge in [0.2, 0.25) is 5.91 Å². The Balaban J connectivity index is 1.31. The maximum atomic E-state index is 12.8. The third-order valence-corrected chi connectivity index (χ3v) is 8.50. The molecule has 2 fully saturated rings. The highest BCUT2D eigenvalue weighted by Gasteiger charge is 2.34. The number of amides is 1. The van der Waals surface area contributed by atoms with E-state index >= 15 is 0 Å². The molecule has 156 valence electrons. The monoisotopic (exact) mass is 433 g/mol. The molecule has 2 aromatic rings. The number of thiophene rings is 1. The second-order valence-corrected chi connectivity index (χ2v) is 10.9. The van der Waals surface area contributed by atoms with Crippen LogP contribution in [0.15, 0.2) is 47.8 Å². The molecule has 1 aromatic carbocycles. The van der Waals surface area contributed by atoms with Crippen molar-refractivity contribution in [1.82, 2.24) is 15.1 Å². The molecule has 0 saturated carbocycles. The third kappa shape index (κ3) is 5.06. The first-order valence-corrected chi connectivity index (χ1v) is 12.8. The van der Waals surface area contributed by atoms with Crippen LogP contribution in [0.25, 0.3) is 0 Å². The van der Waals surface area contributed by atoms with E-state index in [0.717, 1.165) is 25.1 Å². The Morgan fingerprint density at radius 1 is 1.10 bits per heavy atom. The Bertz CT molecular complexity index is 908. The zero-order valence-corrected chi connectivity index (χ0v) is 18.0. The molecular formula is C21H27N3O3S2. The number of rotatable bonds is 6. The maximum Gasteiger partial charge on any atom is 0.236 e. The van der Waals surface area contributed by atoms with Crippen molar-refractivity contribution < 1.29 is 13.2 Å². The number of hydrogen-bond donors (Lipinski definition) is 1. The second kappa shape index (κ2) is 8.95. The van der Waals surface area contributed by atoms with Crippen molar-refractivity contribution >= 4 is 27.1 Å². The van der Waals surface area contributed by atoms with Crippen LogP contribution in [-0.2, 0) is 14.6 Å². The molecule has 8 heteroatoms. The topological polar surface area (TPSA) is 69.7 Å². The average molecular weight is 434 g/mol. The zero-order valence-electron chi connectivity index (χ0n) is 16.4. The summed E-state index contributed by atoms with van der Waals surface area (Å²) in [5.74, 6) is 0.660. The highest BCUT2D eigenvalue weighted by atomic mass is 32.2. The van der Waals surface area contributed by atoms with Crippen LogP contribution >= 0.6 is 11.3 Å². The van der Waals surface area contributed by atoms with Gasteiger partial charge in [-0.25, -0.2) is 8.42 Å². The molecule has 0 spiro atoms. The van der Waals surface area contributed by atoms with Gasteiger partial charge >= 0.3 is 0 Å². The quantitative estimate of drug-likeness (QED) is 0.752. The van der Waals surface area contributed by atoms with Gasteiger partial charge in [-0.15, -0.1) is 11.3 Å². The highest BCUT2D eigenvalue weighted by molar-refractivity contribution is 7.91. The summed E-state index contributed by atoms with van der Waals surface area (Å²) in [6.07, 6.45) is 0.720. The van der Waals surface area contributed by atoms with Crippen LogP contribution in [0.2, 0.25) is 0 Å². The molecule has 3 heterocycles. The summed E-state index contributed by atoms with van der Waals surface area (Å²) in [6.45, 7) is 3.10. The summed E-state index contributed by atoms with van der Waals surface area (Å²) in [6, 6.07) is 14.4. The van der Waals surface area contributed by atoms with Crippen LogP contribution < -0.4 is 5.32 Å². The molecule has 1 N–H and O–H groups in total. The number of nitrogens with zero attached hydrogens (tertiary/aromatic N) is 2. The molecule has 2 saturated heterocycles. The summed E-state index contributed by atoms with van der Waals surface area (Å²) in [4.78, 5) is 18.1. The van der Waals surface area contributed by atoms with Gasteiger partial charge in [0.05, 0.1) is 24.1 Å². The van der Waals surface area contributed by atoms with E-state index in [0.29, 0.717) is 18.8 Å². The summed E-state index contributed by atoms with van der Waals surface area (Å²) in [5, 5.41) is 5.49. The predicted octanol–water partition coefficient (Wildman–Crippen LogP) is 1.76. The first kappa shape index (κ1) is 20.5. The Morgan fingerprint density at radius 3 is 2.48 bits per heavy atom. The van der Waals surface area contributed by atoms with Crippen LogP contribution in [0.1, 0.15) is 22.9 Å². The normalized spacial score (nSPS) is 23.2. The molecule has 1 aromatic heterocycles. The summed E-state index contributed by atoms with van der Waals surface area (Å²) in [7, 11) is -2.87. The minimum Gasteiger partial charge on any atom is -0.339 e. The third-order valence-electron chi connectivity index (χ3n) is 5.81. The van der Waals surface area contributed by atoms with E-state index < -0.39 is 9.84 Å². The van der Waals surface area contributed by atoms with Crippen LogP contribution in [0, 0.1) is 0 Å². The molecule has 2 aliphatic heterocycles. The van der Waals surface area contributed by atoms with Gasteiger partial charge in [-0.3, -0.25) is 15.0 Å². The fourth-order valence-corrected chi connectivity index (χ4v) is 6.77. The second-order valence-electron chi connectivity index (χ2n) is 7.71. The van der Waals surface area contributed by atoms with Crippen LogP contribution in [-0.4, -0.2) is 74.4 Å². The smallest absolute Gasteiger partial charge is 0.236 e. The molecule has 6 nitrogen and oxygen atoms in total. The van der Waals surface area contributed by atoms with Crippen LogP contribution in [0.4, 0.5) is 0 Å². The van der Waals surface area contributed by atoms with Crippen molar-refractivity contribution in [2.75, 3.05) is 44.2 Å². The molecule has 0 bridgehead atoms. The van der Waals surface area contributed by atoms with Gasteiger partial charge in [-0.1, -0.05) is 36.4 Å². The van der Waals surface area contributed by atoms with Gasteiger partial charge < -0.3 is 4.90 Å². The average Bonchev–Trinajstić information content (AvgIpc) is 3.39. The summed E-state index contributed by atoms with van der Waals surface area (Å²) >= 11 is 1.68. The first-order valence-electron chi connectivity index (χ1n) is 10.1. The number of carbonyl (C=O) groups is 1. The van der Waals surface area contributed by atoms with Crippen LogP contribution in [0.3, 0.4) is 0 Å². The Morgan fingerprint density at radius 2 is 1.86 bits per heavy atom. The Labute approximate surface area is 176 Å². The fraction of sp³-hybridized carbons (Fsp3) is 0.476. The fourth-order valence-electron chi connectivity index (χ4n) is 4.18.